The smallest absolute Gasteiger partial charge is 0.235 e. The Labute approximate surface area is 141 Å². The molecule has 2 aromatic rings. The van der Waals surface area contributed by atoms with Gasteiger partial charge in [0.25, 0.3) is 0 Å². The number of rotatable bonds is 3. The van der Waals surface area contributed by atoms with Crippen molar-refractivity contribution in [1.82, 2.24) is 10.2 Å². The van der Waals surface area contributed by atoms with E-state index < -0.39 is 5.54 Å². The molecule has 0 bridgehead atoms. The van der Waals surface area contributed by atoms with Crippen molar-refractivity contribution in [3.05, 3.63) is 52.2 Å². The second-order valence-corrected chi connectivity index (χ2v) is 7.22. The van der Waals surface area contributed by atoms with Crippen LogP contribution in [-0.4, -0.2) is 31.7 Å². The van der Waals surface area contributed by atoms with Gasteiger partial charge in [0, 0.05) is 11.9 Å². The van der Waals surface area contributed by atoms with Crippen molar-refractivity contribution in [2.45, 2.75) is 18.9 Å². The summed E-state index contributed by atoms with van der Waals surface area (Å²) in [6.45, 7) is 2.03. The molecule has 1 saturated heterocycles. The highest BCUT2D eigenvalue weighted by molar-refractivity contribution is 7.11. The lowest BCUT2D eigenvalue weighted by atomic mass is 9.77. The van der Waals surface area contributed by atoms with Crippen molar-refractivity contribution in [1.29, 1.82) is 5.41 Å². The molecule has 0 unspecified atom stereocenters. The van der Waals surface area contributed by atoms with Crippen LogP contribution in [-0.2, 0) is 16.8 Å². The Bertz CT molecular complexity index is 745. The van der Waals surface area contributed by atoms with Crippen molar-refractivity contribution in [2.24, 2.45) is 5.92 Å². The highest BCUT2D eigenvalue weighted by Gasteiger charge is 2.47. The molecule has 0 spiro atoms. The van der Waals surface area contributed by atoms with Gasteiger partial charge in [-0.2, -0.15) is 0 Å². The zero-order valence-corrected chi connectivity index (χ0v) is 14.4. The minimum absolute atomic E-state index is 0.00819. The minimum atomic E-state index is -0.560. The van der Waals surface area contributed by atoms with Crippen molar-refractivity contribution in [3.8, 4) is 0 Å². The number of nitrogens with one attached hydrogen (secondary N) is 2. The standard InChI is InChI=1S/C17H20BN3OS/c1-17(14-9-12(18)10-23-14)13(8-11-6-4-3-5-7-11)15(22)21(2)16(19)20-17/h3-7,9-10,13H,8,18H2,1-2H3,(H2,19,20)/t13-,17-/m0/s1. The van der Waals surface area contributed by atoms with Gasteiger partial charge in [-0.25, -0.2) is 0 Å². The number of guanidine groups is 1. The predicted molar refractivity (Wildman–Crippen MR) is 97.1 cm³/mol. The van der Waals surface area contributed by atoms with E-state index in [-0.39, 0.29) is 17.8 Å². The van der Waals surface area contributed by atoms with Gasteiger partial charge in [-0.05, 0) is 24.3 Å². The maximum absolute atomic E-state index is 12.9. The SMILES string of the molecule is Bc1csc([C@@]2(C)NC(=N)N(C)C(=O)[C@@H]2Cc2ccccc2)c1. The second-order valence-electron chi connectivity index (χ2n) is 6.30. The van der Waals surface area contributed by atoms with Gasteiger partial charge in [-0.3, -0.25) is 15.1 Å². The molecule has 1 aromatic carbocycles. The summed E-state index contributed by atoms with van der Waals surface area (Å²) in [5.74, 6) is -0.0962. The van der Waals surface area contributed by atoms with Crippen molar-refractivity contribution < 1.29 is 4.79 Å². The van der Waals surface area contributed by atoms with Gasteiger partial charge in [-0.1, -0.05) is 41.9 Å². The minimum Gasteiger partial charge on any atom is -0.345 e. The summed E-state index contributed by atoms with van der Waals surface area (Å²) >= 11 is 1.64. The summed E-state index contributed by atoms with van der Waals surface area (Å²) in [5.41, 5.74) is 1.76. The van der Waals surface area contributed by atoms with E-state index in [1.54, 1.807) is 18.4 Å². The van der Waals surface area contributed by atoms with Crippen LogP contribution in [0.15, 0.2) is 41.8 Å². The number of hydrogen-bond acceptors (Lipinski definition) is 3. The lowest BCUT2D eigenvalue weighted by Gasteiger charge is -2.45. The van der Waals surface area contributed by atoms with Gasteiger partial charge < -0.3 is 5.32 Å². The highest BCUT2D eigenvalue weighted by Crippen LogP contribution is 2.37. The molecule has 2 heterocycles. The number of hydrogen-bond donors (Lipinski definition) is 2. The van der Waals surface area contributed by atoms with E-state index in [0.29, 0.717) is 6.42 Å². The van der Waals surface area contributed by atoms with E-state index in [1.165, 1.54) is 10.4 Å². The number of nitrogens with zero attached hydrogens (tertiary/aromatic N) is 1. The molecule has 4 nitrogen and oxygen atoms in total. The van der Waals surface area contributed by atoms with E-state index in [4.69, 9.17) is 5.41 Å². The largest absolute Gasteiger partial charge is 0.345 e. The lowest BCUT2D eigenvalue weighted by molar-refractivity contribution is -0.135. The first-order chi connectivity index (χ1) is 10.9. The summed E-state index contributed by atoms with van der Waals surface area (Å²) in [6, 6.07) is 12.2. The fourth-order valence-corrected chi connectivity index (χ4v) is 4.16. The molecule has 1 aliphatic heterocycles. The molecule has 23 heavy (non-hydrogen) atoms. The number of thiophene rings is 1. The first-order valence-electron chi connectivity index (χ1n) is 7.65. The molecule has 1 aliphatic rings. The number of benzene rings is 1. The van der Waals surface area contributed by atoms with Crippen molar-refractivity contribution in [2.75, 3.05) is 7.05 Å². The normalized spacial score (nSPS) is 24.6. The molecule has 2 N–H and O–H groups in total. The molecular weight excluding hydrogens is 305 g/mol. The Balaban J connectivity index is 2.02. The van der Waals surface area contributed by atoms with Crippen LogP contribution in [0.2, 0.25) is 0 Å². The Kier molecular flexibility index (Phi) is 4.02. The molecule has 1 fully saturated rings. The zero-order valence-electron chi connectivity index (χ0n) is 13.6. The third kappa shape index (κ3) is 2.79. The van der Waals surface area contributed by atoms with Crippen LogP contribution in [0.3, 0.4) is 0 Å². The molecule has 1 amide bonds. The molecule has 2 atom stereocenters. The Morgan fingerprint density at radius 1 is 1.39 bits per heavy atom. The van der Waals surface area contributed by atoms with Gasteiger partial charge in [-0.15, -0.1) is 11.3 Å². The van der Waals surface area contributed by atoms with E-state index >= 15 is 0 Å². The third-order valence-corrected chi connectivity index (χ3v) is 5.85. The van der Waals surface area contributed by atoms with Crippen LogP contribution in [0, 0.1) is 11.3 Å². The van der Waals surface area contributed by atoms with Crippen LogP contribution in [0.4, 0.5) is 0 Å². The van der Waals surface area contributed by atoms with E-state index in [1.807, 2.05) is 37.3 Å². The second kappa shape index (κ2) is 5.85. The highest BCUT2D eigenvalue weighted by atomic mass is 32.1. The molecule has 1 aromatic heterocycles. The van der Waals surface area contributed by atoms with Crippen LogP contribution in [0.1, 0.15) is 17.4 Å². The lowest BCUT2D eigenvalue weighted by Crippen LogP contribution is -2.64. The summed E-state index contributed by atoms with van der Waals surface area (Å²) in [4.78, 5) is 15.4. The van der Waals surface area contributed by atoms with E-state index in [2.05, 4.69) is 24.6 Å². The molecule has 3 rings (SSSR count). The van der Waals surface area contributed by atoms with Crippen LogP contribution in [0.5, 0.6) is 0 Å². The quantitative estimate of drug-likeness (QED) is 0.830. The zero-order chi connectivity index (χ0) is 16.6. The number of carbonyl (C=O) groups excluding carboxylic acids is 1. The van der Waals surface area contributed by atoms with E-state index in [9.17, 15) is 4.79 Å². The summed E-state index contributed by atoms with van der Waals surface area (Å²) in [7, 11) is 3.71. The van der Waals surface area contributed by atoms with Gasteiger partial charge in [0.1, 0.15) is 7.85 Å². The van der Waals surface area contributed by atoms with Gasteiger partial charge in [0.2, 0.25) is 5.91 Å². The monoisotopic (exact) mass is 325 g/mol. The maximum atomic E-state index is 12.9. The molecular formula is C17H20BN3OS. The number of carbonyl (C=O) groups is 1. The van der Waals surface area contributed by atoms with Gasteiger partial charge in [0.05, 0.1) is 11.5 Å². The summed E-state index contributed by atoms with van der Waals surface area (Å²) in [5, 5.41) is 13.5. The Morgan fingerprint density at radius 2 is 2.09 bits per heavy atom. The topological polar surface area (TPSA) is 56.2 Å². The molecule has 0 radical (unpaired) electrons. The summed E-state index contributed by atoms with van der Waals surface area (Å²) < 4.78 is 0. The van der Waals surface area contributed by atoms with Crippen LogP contribution < -0.4 is 10.8 Å². The van der Waals surface area contributed by atoms with Crippen molar-refractivity contribution >= 4 is 36.5 Å². The fourth-order valence-electron chi connectivity index (χ4n) is 3.09. The molecule has 0 aliphatic carbocycles. The Hall–Kier alpha value is -2.08. The Morgan fingerprint density at radius 3 is 2.70 bits per heavy atom. The fraction of sp³-hybridized carbons (Fsp3) is 0.294. The molecule has 6 heteroatoms. The molecule has 118 valence electrons. The predicted octanol–water partition coefficient (Wildman–Crippen LogP) is 1.08. The first-order valence-corrected chi connectivity index (χ1v) is 8.53. The van der Waals surface area contributed by atoms with Crippen LogP contribution in [0.25, 0.3) is 0 Å². The average molecular weight is 325 g/mol. The van der Waals surface area contributed by atoms with Gasteiger partial charge in [0.15, 0.2) is 5.96 Å². The third-order valence-electron chi connectivity index (χ3n) is 4.56. The molecule has 0 saturated carbocycles. The average Bonchev–Trinajstić information content (AvgIpc) is 2.98. The van der Waals surface area contributed by atoms with Gasteiger partial charge >= 0.3 is 0 Å². The van der Waals surface area contributed by atoms with E-state index in [0.717, 1.165) is 10.4 Å². The van der Waals surface area contributed by atoms with Crippen LogP contribution >= 0.6 is 11.3 Å². The summed E-state index contributed by atoms with van der Waals surface area (Å²) in [6.07, 6.45) is 0.651. The van der Waals surface area contributed by atoms with Crippen molar-refractivity contribution in [3.63, 3.8) is 0 Å². The maximum Gasteiger partial charge on any atom is 0.235 e. The number of amides is 1. The first kappa shape index (κ1) is 15.8.